The number of nitro benzene ring substituents is 1. The fraction of sp³-hybridized carbons (Fsp3) is 0.250. The molecule has 1 atom stereocenters. The minimum atomic E-state index is -3.71. The second kappa shape index (κ2) is 6.68. The molecule has 1 heterocycles. The Morgan fingerprint density at radius 1 is 1.08 bits per heavy atom. The number of benzene rings is 2. The van der Waals surface area contributed by atoms with Crippen LogP contribution < -0.4 is 0 Å². The minimum absolute atomic E-state index is 0.0433. The summed E-state index contributed by atoms with van der Waals surface area (Å²) in [5.74, 6) is 0. The molecule has 0 spiro atoms. The van der Waals surface area contributed by atoms with Crippen molar-refractivity contribution in [3.63, 3.8) is 0 Å². The number of morpholine rings is 1. The quantitative estimate of drug-likeness (QED) is 0.625. The topological polar surface area (TPSA) is 89.8 Å². The van der Waals surface area contributed by atoms with Crippen LogP contribution in [0.1, 0.15) is 11.7 Å². The van der Waals surface area contributed by atoms with Gasteiger partial charge in [-0.2, -0.15) is 4.31 Å². The molecule has 3 rings (SSSR count). The number of nitrogens with zero attached hydrogens (tertiary/aromatic N) is 2. The lowest BCUT2D eigenvalue weighted by Gasteiger charge is -2.32. The van der Waals surface area contributed by atoms with E-state index in [1.807, 2.05) is 30.3 Å². The fourth-order valence-corrected chi connectivity index (χ4v) is 4.03. The van der Waals surface area contributed by atoms with Crippen molar-refractivity contribution >= 4 is 15.7 Å². The average molecular weight is 348 g/mol. The molecule has 0 N–H and O–H groups in total. The molecular formula is C16H16N2O5S. The molecule has 0 aliphatic carbocycles. The zero-order chi connectivity index (χ0) is 17.2. The third-order valence-corrected chi connectivity index (χ3v) is 5.77. The molecule has 0 saturated carbocycles. The molecule has 0 aromatic heterocycles. The lowest BCUT2D eigenvalue weighted by atomic mass is 10.1. The molecular weight excluding hydrogens is 332 g/mol. The first-order valence-electron chi connectivity index (χ1n) is 7.39. The third kappa shape index (κ3) is 3.30. The Morgan fingerprint density at radius 3 is 2.38 bits per heavy atom. The van der Waals surface area contributed by atoms with Crippen LogP contribution >= 0.6 is 0 Å². The van der Waals surface area contributed by atoms with Crippen molar-refractivity contribution in [2.24, 2.45) is 0 Å². The molecule has 1 aliphatic heterocycles. The highest BCUT2D eigenvalue weighted by Gasteiger charge is 2.31. The van der Waals surface area contributed by atoms with Crippen molar-refractivity contribution in [3.8, 4) is 0 Å². The summed E-state index contributed by atoms with van der Waals surface area (Å²) in [6.07, 6.45) is -0.326. The molecule has 2 aromatic rings. The first-order valence-corrected chi connectivity index (χ1v) is 8.83. The van der Waals surface area contributed by atoms with Gasteiger partial charge in [-0.1, -0.05) is 30.3 Å². The predicted octanol–water partition coefficient (Wildman–Crippen LogP) is 2.36. The molecule has 8 heteroatoms. The number of sulfonamides is 1. The van der Waals surface area contributed by atoms with Crippen molar-refractivity contribution in [2.75, 3.05) is 19.7 Å². The van der Waals surface area contributed by atoms with Crippen LogP contribution in [0, 0.1) is 10.1 Å². The average Bonchev–Trinajstić information content (AvgIpc) is 2.62. The zero-order valence-electron chi connectivity index (χ0n) is 12.7. The summed E-state index contributed by atoms with van der Waals surface area (Å²) in [6.45, 7) is 0.762. The monoisotopic (exact) mass is 348 g/mol. The van der Waals surface area contributed by atoms with Gasteiger partial charge in [0.15, 0.2) is 0 Å². The van der Waals surface area contributed by atoms with Gasteiger partial charge in [-0.25, -0.2) is 8.42 Å². The summed E-state index contributed by atoms with van der Waals surface area (Å²) >= 11 is 0. The normalized spacial score (nSPS) is 19.1. The van der Waals surface area contributed by atoms with E-state index in [1.165, 1.54) is 28.6 Å². The Kier molecular flexibility index (Phi) is 4.61. The Labute approximate surface area is 139 Å². The largest absolute Gasteiger partial charge is 0.371 e. The van der Waals surface area contributed by atoms with Gasteiger partial charge in [0, 0.05) is 25.2 Å². The van der Waals surface area contributed by atoms with Crippen LogP contribution in [0.3, 0.4) is 0 Å². The van der Waals surface area contributed by atoms with E-state index in [9.17, 15) is 18.5 Å². The van der Waals surface area contributed by atoms with Gasteiger partial charge >= 0.3 is 0 Å². The SMILES string of the molecule is O=[N+]([O-])c1ccc(S(=O)(=O)N2CCO[C@@H](c3ccccc3)C2)cc1. The molecule has 0 bridgehead atoms. The summed E-state index contributed by atoms with van der Waals surface area (Å²) in [5, 5.41) is 10.7. The first kappa shape index (κ1) is 16.6. The molecule has 0 amide bonds. The van der Waals surface area contributed by atoms with Crippen molar-refractivity contribution in [1.82, 2.24) is 4.31 Å². The van der Waals surface area contributed by atoms with E-state index in [-0.39, 0.29) is 29.8 Å². The lowest BCUT2D eigenvalue weighted by molar-refractivity contribution is -0.384. The number of hydrogen-bond acceptors (Lipinski definition) is 5. The Bertz CT molecular complexity index is 821. The van der Waals surface area contributed by atoms with E-state index in [1.54, 1.807) is 0 Å². The van der Waals surface area contributed by atoms with Crippen molar-refractivity contribution in [3.05, 3.63) is 70.3 Å². The Morgan fingerprint density at radius 2 is 1.75 bits per heavy atom. The maximum Gasteiger partial charge on any atom is 0.269 e. The number of non-ortho nitro benzene ring substituents is 1. The summed E-state index contributed by atoms with van der Waals surface area (Å²) in [4.78, 5) is 10.2. The highest BCUT2D eigenvalue weighted by Crippen LogP contribution is 2.27. The van der Waals surface area contributed by atoms with Gasteiger partial charge in [0.1, 0.15) is 0 Å². The molecule has 0 unspecified atom stereocenters. The van der Waals surface area contributed by atoms with Gasteiger partial charge in [0.05, 0.1) is 22.5 Å². The molecule has 0 radical (unpaired) electrons. The summed E-state index contributed by atoms with van der Waals surface area (Å²) in [7, 11) is -3.71. The van der Waals surface area contributed by atoms with Gasteiger partial charge in [0.25, 0.3) is 5.69 Å². The van der Waals surface area contributed by atoms with Gasteiger partial charge in [-0.3, -0.25) is 10.1 Å². The van der Waals surface area contributed by atoms with E-state index in [4.69, 9.17) is 4.74 Å². The van der Waals surface area contributed by atoms with Crippen LogP contribution in [-0.4, -0.2) is 37.3 Å². The molecule has 126 valence electrons. The second-order valence-electron chi connectivity index (χ2n) is 5.38. The second-order valence-corrected chi connectivity index (χ2v) is 7.32. The molecule has 2 aromatic carbocycles. The van der Waals surface area contributed by atoms with Gasteiger partial charge in [-0.05, 0) is 17.7 Å². The summed E-state index contributed by atoms with van der Waals surface area (Å²) < 4.78 is 32.5. The predicted molar refractivity (Wildman–Crippen MR) is 87.0 cm³/mol. The van der Waals surface area contributed by atoms with Crippen LogP contribution in [0.5, 0.6) is 0 Å². The Hall–Kier alpha value is -2.29. The van der Waals surface area contributed by atoms with E-state index in [0.717, 1.165) is 5.56 Å². The van der Waals surface area contributed by atoms with Crippen molar-refractivity contribution < 1.29 is 18.1 Å². The standard InChI is InChI=1S/C16H16N2O5S/c19-18(20)14-6-8-15(9-7-14)24(21,22)17-10-11-23-16(12-17)13-4-2-1-3-5-13/h1-9,16H,10-12H2/t16-/m1/s1. The van der Waals surface area contributed by atoms with Gasteiger partial charge < -0.3 is 4.74 Å². The molecule has 1 aliphatic rings. The molecule has 1 fully saturated rings. The highest BCUT2D eigenvalue weighted by molar-refractivity contribution is 7.89. The maximum absolute atomic E-state index is 12.7. The number of nitro groups is 1. The summed E-state index contributed by atoms with van der Waals surface area (Å²) in [5.41, 5.74) is 0.777. The number of ether oxygens (including phenoxy) is 1. The minimum Gasteiger partial charge on any atom is -0.371 e. The van der Waals surface area contributed by atoms with Crippen molar-refractivity contribution in [1.29, 1.82) is 0 Å². The smallest absolute Gasteiger partial charge is 0.269 e. The summed E-state index contributed by atoms with van der Waals surface area (Å²) in [6, 6.07) is 14.4. The van der Waals surface area contributed by atoms with Gasteiger partial charge in [0.2, 0.25) is 10.0 Å². The van der Waals surface area contributed by atoms with E-state index >= 15 is 0 Å². The van der Waals surface area contributed by atoms with E-state index in [2.05, 4.69) is 0 Å². The first-order chi connectivity index (χ1) is 11.5. The van der Waals surface area contributed by atoms with E-state index < -0.39 is 14.9 Å². The van der Waals surface area contributed by atoms with Crippen LogP contribution in [0.25, 0.3) is 0 Å². The van der Waals surface area contributed by atoms with Crippen molar-refractivity contribution in [2.45, 2.75) is 11.0 Å². The molecule has 7 nitrogen and oxygen atoms in total. The maximum atomic E-state index is 12.7. The van der Waals surface area contributed by atoms with Crippen LogP contribution in [0.15, 0.2) is 59.5 Å². The number of hydrogen-bond donors (Lipinski definition) is 0. The third-order valence-electron chi connectivity index (χ3n) is 3.89. The van der Waals surface area contributed by atoms with Gasteiger partial charge in [-0.15, -0.1) is 0 Å². The van der Waals surface area contributed by atoms with Crippen LogP contribution in [0.2, 0.25) is 0 Å². The highest BCUT2D eigenvalue weighted by atomic mass is 32.2. The molecule has 1 saturated heterocycles. The zero-order valence-corrected chi connectivity index (χ0v) is 13.6. The number of rotatable bonds is 4. The fourth-order valence-electron chi connectivity index (χ4n) is 2.60. The molecule has 24 heavy (non-hydrogen) atoms. The van der Waals surface area contributed by atoms with E-state index in [0.29, 0.717) is 6.61 Å². The Balaban J connectivity index is 1.82. The van der Waals surface area contributed by atoms with Crippen LogP contribution in [-0.2, 0) is 14.8 Å². The van der Waals surface area contributed by atoms with Crippen LogP contribution in [0.4, 0.5) is 5.69 Å². The lowest BCUT2D eigenvalue weighted by Crippen LogP contribution is -2.42.